The van der Waals surface area contributed by atoms with Crippen LogP contribution < -0.4 is 0 Å². The largest absolute Gasteiger partial charge is 0.342 e. The van der Waals surface area contributed by atoms with Gasteiger partial charge in [-0.2, -0.15) is 0 Å². The van der Waals surface area contributed by atoms with Crippen molar-refractivity contribution in [2.24, 2.45) is 5.41 Å². The second-order valence-corrected chi connectivity index (χ2v) is 5.82. The first-order valence-electron chi connectivity index (χ1n) is 5.82. The van der Waals surface area contributed by atoms with Crippen LogP contribution in [0.2, 0.25) is 0 Å². The van der Waals surface area contributed by atoms with Gasteiger partial charge in [-0.05, 0) is 36.5 Å². The molecule has 0 radical (unpaired) electrons. The Labute approximate surface area is 97.1 Å². The number of aromatic amines is 1. The number of hydrogen-bond donors (Lipinski definition) is 1. The smallest absolute Gasteiger partial charge is 0.107 e. The van der Waals surface area contributed by atoms with Gasteiger partial charge in [-0.1, -0.05) is 26.8 Å². The topological polar surface area (TPSA) is 28.7 Å². The fourth-order valence-corrected chi connectivity index (χ4v) is 1.95. The van der Waals surface area contributed by atoms with E-state index in [0.29, 0.717) is 0 Å². The maximum atomic E-state index is 4.70. The van der Waals surface area contributed by atoms with E-state index in [4.69, 9.17) is 4.98 Å². The van der Waals surface area contributed by atoms with E-state index in [-0.39, 0.29) is 5.41 Å². The summed E-state index contributed by atoms with van der Waals surface area (Å²) in [7, 11) is 0. The molecule has 0 spiro atoms. The summed E-state index contributed by atoms with van der Waals surface area (Å²) in [5.41, 5.74) is 5.15. The molecule has 2 heteroatoms. The van der Waals surface area contributed by atoms with Gasteiger partial charge < -0.3 is 4.98 Å². The number of fused-ring (bicyclic) bond motifs is 1. The second-order valence-electron chi connectivity index (χ2n) is 5.82. The Morgan fingerprint density at radius 3 is 2.50 bits per heavy atom. The van der Waals surface area contributed by atoms with Crippen LogP contribution in [0.15, 0.2) is 12.1 Å². The van der Waals surface area contributed by atoms with E-state index in [0.717, 1.165) is 23.3 Å². The van der Waals surface area contributed by atoms with Crippen LogP contribution in [0.5, 0.6) is 0 Å². The number of aromatic nitrogens is 2. The summed E-state index contributed by atoms with van der Waals surface area (Å²) in [5, 5.41) is 0. The van der Waals surface area contributed by atoms with Gasteiger partial charge in [0.15, 0.2) is 0 Å². The summed E-state index contributed by atoms with van der Waals surface area (Å²) < 4.78 is 0. The zero-order valence-electron chi connectivity index (χ0n) is 10.8. The highest BCUT2D eigenvalue weighted by Crippen LogP contribution is 2.23. The molecule has 86 valence electrons. The molecule has 0 amide bonds. The Hall–Kier alpha value is -1.31. The minimum Gasteiger partial charge on any atom is -0.342 e. The minimum absolute atomic E-state index is 0.275. The van der Waals surface area contributed by atoms with Crippen LogP contribution in [0, 0.1) is 19.3 Å². The highest BCUT2D eigenvalue weighted by molar-refractivity contribution is 5.79. The number of H-pyrrole nitrogens is 1. The van der Waals surface area contributed by atoms with Crippen LogP contribution in [0.4, 0.5) is 0 Å². The molecule has 1 N–H and O–H groups in total. The van der Waals surface area contributed by atoms with Crippen LogP contribution in [-0.4, -0.2) is 9.97 Å². The molecule has 1 aromatic heterocycles. The van der Waals surface area contributed by atoms with Crippen LogP contribution in [0.25, 0.3) is 11.0 Å². The van der Waals surface area contributed by atoms with E-state index in [2.05, 4.69) is 51.7 Å². The maximum Gasteiger partial charge on any atom is 0.107 e. The maximum absolute atomic E-state index is 4.70. The first-order chi connectivity index (χ1) is 7.37. The summed E-state index contributed by atoms with van der Waals surface area (Å²) in [6, 6.07) is 4.27. The summed E-state index contributed by atoms with van der Waals surface area (Å²) in [4.78, 5) is 8.11. The Kier molecular flexibility index (Phi) is 2.53. The van der Waals surface area contributed by atoms with Gasteiger partial charge in [-0.25, -0.2) is 4.98 Å². The van der Waals surface area contributed by atoms with E-state index in [1.165, 1.54) is 11.1 Å². The summed E-state index contributed by atoms with van der Waals surface area (Å²) >= 11 is 0. The molecule has 1 aromatic carbocycles. The molecule has 0 atom stereocenters. The molecule has 1 heterocycles. The molecule has 2 rings (SSSR count). The van der Waals surface area contributed by atoms with Gasteiger partial charge in [0.05, 0.1) is 11.0 Å². The third-order valence-corrected chi connectivity index (χ3v) is 2.93. The van der Waals surface area contributed by atoms with Gasteiger partial charge >= 0.3 is 0 Å². The van der Waals surface area contributed by atoms with E-state index >= 15 is 0 Å². The average Bonchev–Trinajstić information content (AvgIpc) is 2.52. The Balaban J connectivity index is 2.48. The normalized spacial score (nSPS) is 12.3. The SMILES string of the molecule is Cc1ccc2[nH]c(CC(C)(C)C)nc2c1C. The zero-order chi connectivity index (χ0) is 11.9. The third-order valence-electron chi connectivity index (χ3n) is 2.93. The second kappa shape index (κ2) is 3.62. The lowest BCUT2D eigenvalue weighted by Gasteiger charge is -2.15. The lowest BCUT2D eigenvalue weighted by molar-refractivity contribution is 0.402. The van der Waals surface area contributed by atoms with Crippen molar-refractivity contribution in [1.82, 2.24) is 9.97 Å². The van der Waals surface area contributed by atoms with Gasteiger partial charge in [0.2, 0.25) is 0 Å². The summed E-state index contributed by atoms with van der Waals surface area (Å²) in [5.74, 6) is 1.09. The molecule has 0 saturated heterocycles. The Morgan fingerprint density at radius 2 is 1.88 bits per heavy atom. The van der Waals surface area contributed by atoms with Gasteiger partial charge in [-0.3, -0.25) is 0 Å². The monoisotopic (exact) mass is 216 g/mol. The van der Waals surface area contributed by atoms with Crippen molar-refractivity contribution >= 4 is 11.0 Å². The standard InChI is InChI=1S/C14H20N2/c1-9-6-7-11-13(10(9)2)16-12(15-11)8-14(3,4)5/h6-7H,8H2,1-5H3,(H,15,16). The third kappa shape index (κ3) is 2.11. The molecule has 0 aliphatic carbocycles. The van der Waals surface area contributed by atoms with Crippen molar-refractivity contribution in [2.75, 3.05) is 0 Å². The van der Waals surface area contributed by atoms with Gasteiger partial charge in [-0.15, -0.1) is 0 Å². The van der Waals surface area contributed by atoms with E-state index in [1.54, 1.807) is 0 Å². The molecule has 0 bridgehead atoms. The van der Waals surface area contributed by atoms with Crippen LogP contribution >= 0.6 is 0 Å². The number of benzene rings is 1. The van der Waals surface area contributed by atoms with Crippen LogP contribution in [0.3, 0.4) is 0 Å². The molecule has 16 heavy (non-hydrogen) atoms. The number of nitrogens with zero attached hydrogens (tertiary/aromatic N) is 1. The lowest BCUT2D eigenvalue weighted by atomic mass is 9.92. The molecule has 0 saturated carbocycles. The van der Waals surface area contributed by atoms with Crippen LogP contribution in [0.1, 0.15) is 37.7 Å². The van der Waals surface area contributed by atoms with Crippen molar-refractivity contribution in [2.45, 2.75) is 41.0 Å². The number of aryl methyl sites for hydroxylation is 2. The molecular weight excluding hydrogens is 196 g/mol. The molecule has 0 fully saturated rings. The van der Waals surface area contributed by atoms with Gasteiger partial charge in [0, 0.05) is 6.42 Å². The first-order valence-corrected chi connectivity index (χ1v) is 5.82. The highest BCUT2D eigenvalue weighted by atomic mass is 14.9. The summed E-state index contributed by atoms with van der Waals surface area (Å²) in [6.45, 7) is 11.0. The number of hydrogen-bond acceptors (Lipinski definition) is 1. The van der Waals surface area contributed by atoms with Crippen molar-refractivity contribution in [3.8, 4) is 0 Å². The number of imidazole rings is 1. The predicted octanol–water partition coefficient (Wildman–Crippen LogP) is 3.77. The van der Waals surface area contributed by atoms with E-state index in [1.807, 2.05) is 0 Å². The Bertz CT molecular complexity index is 515. The minimum atomic E-state index is 0.275. The van der Waals surface area contributed by atoms with Crippen molar-refractivity contribution < 1.29 is 0 Å². The van der Waals surface area contributed by atoms with Crippen molar-refractivity contribution in [3.05, 3.63) is 29.1 Å². The highest BCUT2D eigenvalue weighted by Gasteiger charge is 2.15. The summed E-state index contributed by atoms with van der Waals surface area (Å²) in [6.07, 6.45) is 0.986. The Morgan fingerprint density at radius 1 is 1.19 bits per heavy atom. The molecule has 2 nitrogen and oxygen atoms in total. The van der Waals surface area contributed by atoms with E-state index in [9.17, 15) is 0 Å². The zero-order valence-corrected chi connectivity index (χ0v) is 10.8. The van der Waals surface area contributed by atoms with Crippen molar-refractivity contribution in [1.29, 1.82) is 0 Å². The molecule has 2 aromatic rings. The molecule has 0 unspecified atom stereocenters. The van der Waals surface area contributed by atoms with Crippen molar-refractivity contribution in [3.63, 3.8) is 0 Å². The molecular formula is C14H20N2. The average molecular weight is 216 g/mol. The van der Waals surface area contributed by atoms with E-state index < -0.39 is 0 Å². The number of rotatable bonds is 1. The van der Waals surface area contributed by atoms with Gasteiger partial charge in [0.1, 0.15) is 5.82 Å². The van der Waals surface area contributed by atoms with Crippen LogP contribution in [-0.2, 0) is 6.42 Å². The molecule has 0 aliphatic rings. The predicted molar refractivity (Wildman–Crippen MR) is 68.7 cm³/mol. The molecule has 0 aliphatic heterocycles. The van der Waals surface area contributed by atoms with Gasteiger partial charge in [0.25, 0.3) is 0 Å². The fraction of sp³-hybridized carbons (Fsp3) is 0.500. The first kappa shape index (κ1) is 11.2. The fourth-order valence-electron chi connectivity index (χ4n) is 1.95. The lowest BCUT2D eigenvalue weighted by Crippen LogP contribution is -2.10. The quantitative estimate of drug-likeness (QED) is 0.772. The number of nitrogens with one attached hydrogen (secondary N) is 1.